The lowest BCUT2D eigenvalue weighted by Crippen LogP contribution is -2.06. The lowest BCUT2D eigenvalue weighted by atomic mass is 10.1. The molecule has 1 aromatic carbocycles. The van der Waals surface area contributed by atoms with Crippen molar-refractivity contribution in [3.8, 4) is 0 Å². The minimum atomic E-state index is -0.367. The van der Waals surface area contributed by atoms with Crippen LogP contribution in [-0.4, -0.2) is 36.3 Å². The van der Waals surface area contributed by atoms with E-state index in [-0.39, 0.29) is 12.6 Å². The second-order valence-corrected chi connectivity index (χ2v) is 4.06. The third-order valence-corrected chi connectivity index (χ3v) is 2.78. The quantitative estimate of drug-likeness (QED) is 0.633. The molecule has 5 heteroatoms. The van der Waals surface area contributed by atoms with Gasteiger partial charge in [-0.15, -0.1) is 0 Å². The first-order chi connectivity index (χ1) is 9.26. The molecule has 19 heavy (non-hydrogen) atoms. The standard InChI is InChI=1S/C14H16N2O3/c1-19-14(18)11-4-2-5-12-10(11)6-7-13(16-12)15-8-3-9-17/h2,4-7,17H,3,8-9H2,1H3,(H,15,16). The molecule has 0 atom stereocenters. The summed E-state index contributed by atoms with van der Waals surface area (Å²) >= 11 is 0. The molecule has 0 bridgehead atoms. The predicted octanol–water partition coefficient (Wildman–Crippen LogP) is 1.82. The topological polar surface area (TPSA) is 71.5 Å². The molecular formula is C14H16N2O3. The van der Waals surface area contributed by atoms with Crippen LogP contribution in [0, 0.1) is 0 Å². The SMILES string of the molecule is COC(=O)c1cccc2nc(NCCCO)ccc12. The van der Waals surface area contributed by atoms with Crippen LogP contribution in [0.2, 0.25) is 0 Å². The third kappa shape index (κ3) is 3.00. The molecule has 2 rings (SSSR count). The van der Waals surface area contributed by atoms with Crippen LogP contribution in [0.3, 0.4) is 0 Å². The lowest BCUT2D eigenvalue weighted by Gasteiger charge is -2.08. The molecule has 100 valence electrons. The van der Waals surface area contributed by atoms with Crippen molar-refractivity contribution in [3.63, 3.8) is 0 Å². The van der Waals surface area contributed by atoms with E-state index in [0.717, 1.165) is 16.7 Å². The molecule has 5 nitrogen and oxygen atoms in total. The number of carbonyl (C=O) groups is 1. The number of nitrogens with one attached hydrogen (secondary N) is 1. The Kier molecular flexibility index (Phi) is 4.30. The van der Waals surface area contributed by atoms with Crippen LogP contribution < -0.4 is 5.32 Å². The van der Waals surface area contributed by atoms with Crippen molar-refractivity contribution in [1.29, 1.82) is 0 Å². The van der Waals surface area contributed by atoms with Crippen LogP contribution in [0.4, 0.5) is 5.82 Å². The molecule has 0 amide bonds. The molecule has 2 N–H and O–H groups in total. The van der Waals surface area contributed by atoms with E-state index < -0.39 is 0 Å². The third-order valence-electron chi connectivity index (χ3n) is 2.78. The molecule has 0 aliphatic carbocycles. The number of ether oxygens (including phenoxy) is 1. The largest absolute Gasteiger partial charge is 0.465 e. The van der Waals surface area contributed by atoms with Crippen molar-refractivity contribution in [2.75, 3.05) is 25.6 Å². The van der Waals surface area contributed by atoms with E-state index in [9.17, 15) is 4.79 Å². The van der Waals surface area contributed by atoms with Crippen molar-refractivity contribution in [3.05, 3.63) is 35.9 Å². The second kappa shape index (κ2) is 6.15. The average Bonchev–Trinajstić information content (AvgIpc) is 2.46. The lowest BCUT2D eigenvalue weighted by molar-refractivity contribution is 0.0603. The van der Waals surface area contributed by atoms with Crippen molar-refractivity contribution in [2.45, 2.75) is 6.42 Å². The summed E-state index contributed by atoms with van der Waals surface area (Å²) in [4.78, 5) is 16.1. The Bertz CT molecular complexity index is 584. The summed E-state index contributed by atoms with van der Waals surface area (Å²) in [5.74, 6) is 0.358. The Labute approximate surface area is 111 Å². The van der Waals surface area contributed by atoms with Crippen LogP contribution in [-0.2, 0) is 4.74 Å². The number of aliphatic hydroxyl groups excluding tert-OH is 1. The number of aromatic nitrogens is 1. The van der Waals surface area contributed by atoms with Gasteiger partial charge in [0.1, 0.15) is 5.82 Å². The van der Waals surface area contributed by atoms with Crippen LogP contribution in [0.25, 0.3) is 10.9 Å². The van der Waals surface area contributed by atoms with Gasteiger partial charge in [0, 0.05) is 18.5 Å². The number of rotatable bonds is 5. The highest BCUT2D eigenvalue weighted by Gasteiger charge is 2.10. The molecule has 0 aliphatic rings. The normalized spacial score (nSPS) is 10.4. The van der Waals surface area contributed by atoms with Crippen LogP contribution in [0.5, 0.6) is 0 Å². The molecule has 1 heterocycles. The molecule has 1 aromatic heterocycles. The molecule has 0 fully saturated rings. The van der Waals surface area contributed by atoms with Crippen LogP contribution in [0.15, 0.2) is 30.3 Å². The first kappa shape index (κ1) is 13.3. The zero-order chi connectivity index (χ0) is 13.7. The number of pyridine rings is 1. The Hall–Kier alpha value is -2.14. The van der Waals surface area contributed by atoms with Gasteiger partial charge in [-0.2, -0.15) is 0 Å². The number of esters is 1. The van der Waals surface area contributed by atoms with Crippen molar-refractivity contribution < 1.29 is 14.6 Å². The summed E-state index contributed by atoms with van der Waals surface area (Å²) in [6, 6.07) is 8.99. The van der Waals surface area contributed by atoms with Gasteiger partial charge in [0.05, 0.1) is 18.2 Å². The number of carbonyl (C=O) groups excluding carboxylic acids is 1. The molecule has 0 spiro atoms. The fourth-order valence-corrected chi connectivity index (χ4v) is 1.84. The fourth-order valence-electron chi connectivity index (χ4n) is 1.84. The number of anilines is 1. The van der Waals surface area contributed by atoms with E-state index in [1.54, 1.807) is 12.1 Å². The van der Waals surface area contributed by atoms with E-state index >= 15 is 0 Å². The molecule has 0 aliphatic heterocycles. The number of methoxy groups -OCH3 is 1. The number of hydrogen-bond acceptors (Lipinski definition) is 5. The molecule has 2 aromatic rings. The highest BCUT2D eigenvalue weighted by atomic mass is 16.5. The maximum atomic E-state index is 11.6. The van der Waals surface area contributed by atoms with Gasteiger partial charge < -0.3 is 15.2 Å². The van der Waals surface area contributed by atoms with E-state index in [4.69, 9.17) is 9.84 Å². The van der Waals surface area contributed by atoms with Gasteiger partial charge in [0.2, 0.25) is 0 Å². The van der Waals surface area contributed by atoms with E-state index in [0.29, 0.717) is 18.5 Å². The van der Waals surface area contributed by atoms with E-state index in [1.165, 1.54) is 7.11 Å². The van der Waals surface area contributed by atoms with Gasteiger partial charge in [-0.05, 0) is 30.7 Å². The number of nitrogens with zero attached hydrogens (tertiary/aromatic N) is 1. The number of benzene rings is 1. The van der Waals surface area contributed by atoms with Gasteiger partial charge in [0.25, 0.3) is 0 Å². The molecule has 0 saturated carbocycles. The summed E-state index contributed by atoms with van der Waals surface area (Å²) in [6.07, 6.45) is 0.669. The zero-order valence-electron chi connectivity index (χ0n) is 10.7. The molecule has 0 saturated heterocycles. The number of fused-ring (bicyclic) bond motifs is 1. The number of aliphatic hydroxyl groups is 1. The summed E-state index contributed by atoms with van der Waals surface area (Å²) < 4.78 is 4.74. The Morgan fingerprint density at radius 2 is 2.21 bits per heavy atom. The molecular weight excluding hydrogens is 244 g/mol. The minimum absolute atomic E-state index is 0.146. The maximum absolute atomic E-state index is 11.6. The molecule has 0 radical (unpaired) electrons. The summed E-state index contributed by atoms with van der Waals surface area (Å²) in [6.45, 7) is 0.804. The first-order valence-electron chi connectivity index (χ1n) is 6.09. The molecule has 0 unspecified atom stereocenters. The van der Waals surface area contributed by atoms with Gasteiger partial charge in [-0.25, -0.2) is 9.78 Å². The Balaban J connectivity index is 2.31. The van der Waals surface area contributed by atoms with Crippen molar-refractivity contribution >= 4 is 22.7 Å². The monoisotopic (exact) mass is 260 g/mol. The van der Waals surface area contributed by atoms with Gasteiger partial charge in [-0.1, -0.05) is 6.07 Å². The Morgan fingerprint density at radius 3 is 2.95 bits per heavy atom. The first-order valence-corrected chi connectivity index (χ1v) is 6.09. The summed E-state index contributed by atoms with van der Waals surface area (Å²) in [5.41, 5.74) is 1.24. The van der Waals surface area contributed by atoms with E-state index in [1.807, 2.05) is 18.2 Å². The van der Waals surface area contributed by atoms with Crippen molar-refractivity contribution in [1.82, 2.24) is 4.98 Å². The fraction of sp³-hybridized carbons (Fsp3) is 0.286. The smallest absolute Gasteiger partial charge is 0.338 e. The second-order valence-electron chi connectivity index (χ2n) is 4.06. The van der Waals surface area contributed by atoms with Gasteiger partial charge in [-0.3, -0.25) is 0 Å². The zero-order valence-corrected chi connectivity index (χ0v) is 10.7. The average molecular weight is 260 g/mol. The summed E-state index contributed by atoms with van der Waals surface area (Å²) in [7, 11) is 1.36. The highest BCUT2D eigenvalue weighted by Crippen LogP contribution is 2.20. The maximum Gasteiger partial charge on any atom is 0.338 e. The number of hydrogen-bond donors (Lipinski definition) is 2. The Morgan fingerprint density at radius 1 is 1.37 bits per heavy atom. The minimum Gasteiger partial charge on any atom is -0.465 e. The van der Waals surface area contributed by atoms with Crippen LogP contribution in [0.1, 0.15) is 16.8 Å². The van der Waals surface area contributed by atoms with E-state index in [2.05, 4.69) is 10.3 Å². The van der Waals surface area contributed by atoms with Gasteiger partial charge in [0.15, 0.2) is 0 Å². The van der Waals surface area contributed by atoms with Gasteiger partial charge >= 0.3 is 5.97 Å². The van der Waals surface area contributed by atoms with Crippen molar-refractivity contribution in [2.24, 2.45) is 0 Å². The summed E-state index contributed by atoms with van der Waals surface area (Å²) in [5, 5.41) is 12.6. The highest BCUT2D eigenvalue weighted by molar-refractivity contribution is 6.03. The predicted molar refractivity (Wildman–Crippen MR) is 73.3 cm³/mol. The van der Waals surface area contributed by atoms with Crippen LogP contribution >= 0.6 is 0 Å².